The Hall–Kier alpha value is -0.0800. The Morgan fingerprint density at radius 2 is 1.95 bits per heavy atom. The molecule has 2 aliphatic rings. The lowest BCUT2D eigenvalue weighted by atomic mass is 9.91. The van der Waals surface area contributed by atoms with Crippen molar-refractivity contribution in [3.63, 3.8) is 0 Å². The van der Waals surface area contributed by atoms with Gasteiger partial charge in [0.25, 0.3) is 0 Å². The average Bonchev–Trinajstić information content (AvgIpc) is 2.85. The molecule has 0 radical (unpaired) electrons. The third-order valence-corrected chi connectivity index (χ3v) is 5.61. The van der Waals surface area contributed by atoms with Crippen LogP contribution in [0.15, 0.2) is 0 Å². The van der Waals surface area contributed by atoms with Crippen molar-refractivity contribution in [3.05, 3.63) is 0 Å². The molecule has 2 heteroatoms. The zero-order valence-corrected chi connectivity index (χ0v) is 13.3. The van der Waals surface area contributed by atoms with Gasteiger partial charge in [-0.05, 0) is 76.9 Å². The standard InChI is InChI=1S/C17H34N2/c1-4-11-18-17-9-5-8-16(17)10-13-19-12-6-7-14(2)15(19)3/h14-18H,4-13H2,1-3H3. The van der Waals surface area contributed by atoms with Crippen molar-refractivity contribution >= 4 is 0 Å². The molecule has 1 aliphatic heterocycles. The molecule has 19 heavy (non-hydrogen) atoms. The van der Waals surface area contributed by atoms with Gasteiger partial charge in [-0.3, -0.25) is 0 Å². The summed E-state index contributed by atoms with van der Waals surface area (Å²) < 4.78 is 0. The minimum Gasteiger partial charge on any atom is -0.314 e. The van der Waals surface area contributed by atoms with Crippen molar-refractivity contribution < 1.29 is 0 Å². The molecule has 0 aromatic heterocycles. The molecule has 1 heterocycles. The van der Waals surface area contributed by atoms with E-state index in [0.717, 1.165) is 23.9 Å². The molecule has 2 fully saturated rings. The summed E-state index contributed by atoms with van der Waals surface area (Å²) in [4.78, 5) is 2.75. The number of rotatable bonds is 6. The number of hydrogen-bond donors (Lipinski definition) is 1. The van der Waals surface area contributed by atoms with Crippen LogP contribution in [0, 0.1) is 11.8 Å². The average molecular weight is 266 g/mol. The molecule has 0 spiro atoms. The third-order valence-electron chi connectivity index (χ3n) is 5.61. The Morgan fingerprint density at radius 3 is 2.74 bits per heavy atom. The fourth-order valence-corrected chi connectivity index (χ4v) is 4.05. The predicted molar refractivity (Wildman–Crippen MR) is 83.5 cm³/mol. The van der Waals surface area contributed by atoms with E-state index in [2.05, 4.69) is 31.0 Å². The molecule has 1 saturated heterocycles. The van der Waals surface area contributed by atoms with Crippen LogP contribution >= 0.6 is 0 Å². The molecule has 1 N–H and O–H groups in total. The molecule has 0 aromatic carbocycles. The second-order valence-corrected chi connectivity index (χ2v) is 6.94. The van der Waals surface area contributed by atoms with Crippen LogP contribution in [0.1, 0.15) is 65.7 Å². The lowest BCUT2D eigenvalue weighted by Crippen LogP contribution is -2.44. The first-order valence-corrected chi connectivity index (χ1v) is 8.69. The Bertz CT molecular complexity index is 254. The summed E-state index contributed by atoms with van der Waals surface area (Å²) in [6.07, 6.45) is 9.84. The van der Waals surface area contributed by atoms with E-state index in [-0.39, 0.29) is 0 Å². The second kappa shape index (κ2) is 7.64. The first-order valence-electron chi connectivity index (χ1n) is 8.69. The number of nitrogens with zero attached hydrogens (tertiary/aromatic N) is 1. The highest BCUT2D eigenvalue weighted by Gasteiger charge is 2.29. The summed E-state index contributed by atoms with van der Waals surface area (Å²) in [6, 6.07) is 1.62. The van der Waals surface area contributed by atoms with Crippen molar-refractivity contribution in [2.45, 2.75) is 77.8 Å². The molecule has 1 aliphatic carbocycles. The molecule has 4 atom stereocenters. The zero-order valence-electron chi connectivity index (χ0n) is 13.3. The highest BCUT2D eigenvalue weighted by molar-refractivity contribution is 4.85. The van der Waals surface area contributed by atoms with E-state index in [9.17, 15) is 0 Å². The maximum absolute atomic E-state index is 3.77. The fraction of sp³-hybridized carbons (Fsp3) is 1.00. The summed E-state index contributed by atoms with van der Waals surface area (Å²) in [7, 11) is 0. The predicted octanol–water partition coefficient (Wildman–Crippen LogP) is 3.67. The van der Waals surface area contributed by atoms with Crippen LogP contribution in [0.4, 0.5) is 0 Å². The van der Waals surface area contributed by atoms with Crippen molar-refractivity contribution in [2.75, 3.05) is 19.6 Å². The molecule has 0 amide bonds. The number of hydrogen-bond acceptors (Lipinski definition) is 2. The van der Waals surface area contributed by atoms with Crippen LogP contribution in [-0.4, -0.2) is 36.6 Å². The minimum atomic E-state index is 0.803. The smallest absolute Gasteiger partial charge is 0.00958 e. The van der Waals surface area contributed by atoms with Gasteiger partial charge in [0.05, 0.1) is 0 Å². The van der Waals surface area contributed by atoms with Gasteiger partial charge in [-0.15, -0.1) is 0 Å². The van der Waals surface area contributed by atoms with Crippen molar-refractivity contribution in [2.24, 2.45) is 11.8 Å². The Labute approximate surface area is 120 Å². The van der Waals surface area contributed by atoms with Gasteiger partial charge in [0.1, 0.15) is 0 Å². The largest absolute Gasteiger partial charge is 0.314 e. The second-order valence-electron chi connectivity index (χ2n) is 6.94. The lowest BCUT2D eigenvalue weighted by Gasteiger charge is -2.38. The summed E-state index contributed by atoms with van der Waals surface area (Å²) >= 11 is 0. The van der Waals surface area contributed by atoms with Crippen LogP contribution in [0.3, 0.4) is 0 Å². The summed E-state index contributed by atoms with van der Waals surface area (Å²) in [6.45, 7) is 11.0. The Kier molecular flexibility index (Phi) is 6.15. The van der Waals surface area contributed by atoms with E-state index < -0.39 is 0 Å². The minimum absolute atomic E-state index is 0.803. The normalized spacial score (nSPS) is 36.8. The van der Waals surface area contributed by atoms with Crippen molar-refractivity contribution in [1.29, 1.82) is 0 Å². The van der Waals surface area contributed by atoms with Crippen LogP contribution in [-0.2, 0) is 0 Å². The number of likely N-dealkylation sites (tertiary alicyclic amines) is 1. The molecule has 0 bridgehead atoms. The highest BCUT2D eigenvalue weighted by Crippen LogP contribution is 2.30. The van der Waals surface area contributed by atoms with E-state index in [1.807, 2.05) is 0 Å². The molecular formula is C17H34N2. The van der Waals surface area contributed by atoms with Gasteiger partial charge in [0.2, 0.25) is 0 Å². The topological polar surface area (TPSA) is 15.3 Å². The van der Waals surface area contributed by atoms with Crippen LogP contribution in [0.5, 0.6) is 0 Å². The maximum Gasteiger partial charge on any atom is 0.00958 e. The van der Waals surface area contributed by atoms with Crippen molar-refractivity contribution in [3.8, 4) is 0 Å². The van der Waals surface area contributed by atoms with E-state index in [1.165, 1.54) is 64.6 Å². The van der Waals surface area contributed by atoms with Crippen molar-refractivity contribution in [1.82, 2.24) is 10.2 Å². The lowest BCUT2D eigenvalue weighted by molar-refractivity contribution is 0.105. The third kappa shape index (κ3) is 4.19. The summed E-state index contributed by atoms with van der Waals surface area (Å²) in [5, 5.41) is 3.77. The highest BCUT2D eigenvalue weighted by atomic mass is 15.2. The first-order chi connectivity index (χ1) is 9.22. The summed E-state index contributed by atoms with van der Waals surface area (Å²) in [5.41, 5.74) is 0. The first kappa shape index (κ1) is 15.3. The van der Waals surface area contributed by atoms with Gasteiger partial charge < -0.3 is 10.2 Å². The SMILES string of the molecule is CCCNC1CCCC1CCN1CCCC(C)C1C. The van der Waals surface area contributed by atoms with E-state index in [4.69, 9.17) is 0 Å². The van der Waals surface area contributed by atoms with Gasteiger partial charge >= 0.3 is 0 Å². The number of piperidine rings is 1. The molecular weight excluding hydrogens is 232 g/mol. The number of nitrogens with one attached hydrogen (secondary N) is 1. The van der Waals surface area contributed by atoms with Gasteiger partial charge in [0.15, 0.2) is 0 Å². The molecule has 2 rings (SSSR count). The van der Waals surface area contributed by atoms with E-state index >= 15 is 0 Å². The monoisotopic (exact) mass is 266 g/mol. The molecule has 4 unspecified atom stereocenters. The van der Waals surface area contributed by atoms with Gasteiger partial charge in [0, 0.05) is 12.1 Å². The molecule has 2 nitrogen and oxygen atoms in total. The van der Waals surface area contributed by atoms with E-state index in [0.29, 0.717) is 0 Å². The Balaban J connectivity index is 1.74. The van der Waals surface area contributed by atoms with E-state index in [1.54, 1.807) is 0 Å². The Morgan fingerprint density at radius 1 is 1.11 bits per heavy atom. The maximum atomic E-state index is 3.77. The van der Waals surface area contributed by atoms with Crippen LogP contribution in [0.2, 0.25) is 0 Å². The van der Waals surface area contributed by atoms with Gasteiger partial charge in [-0.2, -0.15) is 0 Å². The van der Waals surface area contributed by atoms with Crippen LogP contribution in [0.25, 0.3) is 0 Å². The summed E-state index contributed by atoms with van der Waals surface area (Å²) in [5.74, 6) is 1.84. The quantitative estimate of drug-likeness (QED) is 0.789. The van der Waals surface area contributed by atoms with Gasteiger partial charge in [-0.1, -0.05) is 20.3 Å². The fourth-order valence-electron chi connectivity index (χ4n) is 4.05. The van der Waals surface area contributed by atoms with Crippen LogP contribution < -0.4 is 5.32 Å². The van der Waals surface area contributed by atoms with Gasteiger partial charge in [-0.25, -0.2) is 0 Å². The zero-order chi connectivity index (χ0) is 13.7. The molecule has 112 valence electrons. The molecule has 1 saturated carbocycles. The molecule has 0 aromatic rings.